The number of benzene rings is 1. The summed E-state index contributed by atoms with van der Waals surface area (Å²) in [6.07, 6.45) is 4.37. The van der Waals surface area contributed by atoms with Crippen molar-refractivity contribution in [1.29, 1.82) is 0 Å². The Balaban J connectivity index is 1.51. The minimum Gasteiger partial charge on any atom is -0.481 e. The maximum absolute atomic E-state index is 13.6. The number of methoxy groups -OCH3 is 2. The minimum atomic E-state index is -0.298. The van der Waals surface area contributed by atoms with Crippen LogP contribution in [0.3, 0.4) is 0 Å². The minimum absolute atomic E-state index is 0.0161. The fourth-order valence-corrected chi connectivity index (χ4v) is 5.96. The molecule has 0 bridgehead atoms. The number of nitrogens with one attached hydrogen (secondary N) is 1. The van der Waals surface area contributed by atoms with E-state index in [-0.39, 0.29) is 29.6 Å². The molecule has 0 atom stereocenters. The molecule has 1 aliphatic heterocycles. The number of carbonyl (C=O) groups is 2. The molecule has 1 saturated heterocycles. The van der Waals surface area contributed by atoms with Crippen LogP contribution in [-0.4, -0.2) is 91.7 Å². The molecule has 2 heterocycles. The SMILES string of the molecule is COCCCN1C(=O)N(CC(=O)Nc2cccc(OC)n2)CC12CCC(c1ccccc1)(N(C)C)CC2. The first kappa shape index (κ1) is 26.9. The van der Waals surface area contributed by atoms with Crippen LogP contribution >= 0.6 is 0 Å². The second-order valence-corrected chi connectivity index (χ2v) is 10.3. The third-order valence-electron chi connectivity index (χ3n) is 8.00. The lowest BCUT2D eigenvalue weighted by Crippen LogP contribution is -2.55. The fraction of sp³-hybridized carbons (Fsp3) is 0.536. The van der Waals surface area contributed by atoms with Gasteiger partial charge in [0, 0.05) is 38.4 Å². The number of carbonyl (C=O) groups excluding carboxylic acids is 2. The molecular weight excluding hydrogens is 470 g/mol. The van der Waals surface area contributed by atoms with E-state index in [9.17, 15) is 9.59 Å². The average molecular weight is 510 g/mol. The normalized spacial score (nSPS) is 23.6. The number of pyridine rings is 1. The zero-order chi connectivity index (χ0) is 26.5. The molecule has 4 rings (SSSR count). The van der Waals surface area contributed by atoms with Crippen LogP contribution in [0.2, 0.25) is 0 Å². The van der Waals surface area contributed by atoms with Crippen molar-refractivity contribution in [3.8, 4) is 5.88 Å². The molecule has 3 amide bonds. The number of urea groups is 1. The molecule has 1 aromatic heterocycles. The molecule has 2 aromatic rings. The molecule has 0 unspecified atom stereocenters. The van der Waals surface area contributed by atoms with Crippen molar-refractivity contribution in [3.63, 3.8) is 0 Å². The zero-order valence-corrected chi connectivity index (χ0v) is 22.4. The summed E-state index contributed by atoms with van der Waals surface area (Å²) in [7, 11) is 7.49. The van der Waals surface area contributed by atoms with E-state index in [1.807, 2.05) is 11.0 Å². The van der Waals surface area contributed by atoms with Gasteiger partial charge in [0.15, 0.2) is 0 Å². The van der Waals surface area contributed by atoms with Gasteiger partial charge in [-0.3, -0.25) is 9.69 Å². The average Bonchev–Trinajstić information content (AvgIpc) is 3.15. The van der Waals surface area contributed by atoms with Crippen molar-refractivity contribution in [2.45, 2.75) is 43.2 Å². The van der Waals surface area contributed by atoms with Gasteiger partial charge < -0.3 is 24.6 Å². The van der Waals surface area contributed by atoms with Gasteiger partial charge in [-0.25, -0.2) is 4.79 Å². The maximum Gasteiger partial charge on any atom is 0.321 e. The molecule has 9 heteroatoms. The standard InChI is InChI=1S/C28H39N5O4/c1-31(2)28(22-10-6-5-7-11-22)16-14-27(15-17-28)21-32(26(35)33(27)18-9-19-36-3)20-24(34)29-23-12-8-13-25(30-23)37-4/h5-8,10-13H,9,14-21H2,1-4H3,(H,29,30,34). The van der Waals surface area contributed by atoms with Gasteiger partial charge in [-0.15, -0.1) is 0 Å². The summed E-state index contributed by atoms with van der Waals surface area (Å²) in [4.78, 5) is 36.8. The van der Waals surface area contributed by atoms with Crippen LogP contribution in [0.4, 0.5) is 10.6 Å². The monoisotopic (exact) mass is 509 g/mol. The van der Waals surface area contributed by atoms with Gasteiger partial charge in [0.25, 0.3) is 0 Å². The number of hydrogen-bond acceptors (Lipinski definition) is 6. The Morgan fingerprint density at radius 3 is 2.43 bits per heavy atom. The summed E-state index contributed by atoms with van der Waals surface area (Å²) in [5, 5.41) is 2.80. The summed E-state index contributed by atoms with van der Waals surface area (Å²) in [5.74, 6) is 0.549. The topological polar surface area (TPSA) is 87.2 Å². The molecule has 200 valence electrons. The highest BCUT2D eigenvalue weighted by Crippen LogP contribution is 2.48. The fourth-order valence-electron chi connectivity index (χ4n) is 5.96. The Labute approximate surface area is 219 Å². The van der Waals surface area contributed by atoms with E-state index in [2.05, 4.69) is 53.6 Å². The third-order valence-corrected chi connectivity index (χ3v) is 8.00. The van der Waals surface area contributed by atoms with Gasteiger partial charge in [0.05, 0.1) is 12.6 Å². The highest BCUT2D eigenvalue weighted by atomic mass is 16.5. The van der Waals surface area contributed by atoms with Crippen LogP contribution in [-0.2, 0) is 15.1 Å². The Bertz CT molecular complexity index is 1070. The molecule has 1 saturated carbocycles. The van der Waals surface area contributed by atoms with Crippen molar-refractivity contribution in [2.24, 2.45) is 0 Å². The third kappa shape index (κ3) is 5.57. The van der Waals surface area contributed by atoms with Gasteiger partial charge in [-0.05, 0) is 57.8 Å². The Hall–Kier alpha value is -3.17. The molecule has 9 nitrogen and oxygen atoms in total. The van der Waals surface area contributed by atoms with Gasteiger partial charge in [-0.1, -0.05) is 36.4 Å². The van der Waals surface area contributed by atoms with Crippen LogP contribution in [0, 0.1) is 0 Å². The maximum atomic E-state index is 13.6. The number of nitrogens with zero attached hydrogens (tertiary/aromatic N) is 4. The van der Waals surface area contributed by atoms with Gasteiger partial charge in [0.1, 0.15) is 12.4 Å². The first-order valence-corrected chi connectivity index (χ1v) is 12.9. The van der Waals surface area contributed by atoms with Gasteiger partial charge >= 0.3 is 6.03 Å². The summed E-state index contributed by atoms with van der Waals surface area (Å²) >= 11 is 0. The van der Waals surface area contributed by atoms with Crippen LogP contribution < -0.4 is 10.1 Å². The smallest absolute Gasteiger partial charge is 0.321 e. The molecule has 1 aliphatic carbocycles. The Morgan fingerprint density at radius 2 is 1.78 bits per heavy atom. The molecule has 1 N–H and O–H groups in total. The lowest BCUT2D eigenvalue weighted by Gasteiger charge is -2.51. The van der Waals surface area contributed by atoms with E-state index < -0.39 is 0 Å². The van der Waals surface area contributed by atoms with E-state index in [1.165, 1.54) is 12.7 Å². The Morgan fingerprint density at radius 1 is 1.05 bits per heavy atom. The van der Waals surface area contributed by atoms with E-state index in [0.717, 1.165) is 32.1 Å². The predicted octanol–water partition coefficient (Wildman–Crippen LogP) is 3.57. The molecular formula is C28H39N5O4. The number of amides is 3. The van der Waals surface area contributed by atoms with Crippen molar-refractivity contribution >= 4 is 17.8 Å². The highest BCUT2D eigenvalue weighted by Gasteiger charge is 2.54. The van der Waals surface area contributed by atoms with Crippen molar-refractivity contribution in [3.05, 3.63) is 54.1 Å². The second-order valence-electron chi connectivity index (χ2n) is 10.3. The predicted molar refractivity (Wildman–Crippen MR) is 143 cm³/mol. The molecule has 1 spiro atoms. The molecule has 2 fully saturated rings. The van der Waals surface area contributed by atoms with Crippen LogP contribution in [0.5, 0.6) is 5.88 Å². The number of hydrogen-bond donors (Lipinski definition) is 1. The van der Waals surface area contributed by atoms with Gasteiger partial charge in [0.2, 0.25) is 11.8 Å². The van der Waals surface area contributed by atoms with E-state index in [0.29, 0.717) is 31.4 Å². The zero-order valence-electron chi connectivity index (χ0n) is 22.4. The molecule has 0 radical (unpaired) electrons. The van der Waals surface area contributed by atoms with Crippen LogP contribution in [0.15, 0.2) is 48.5 Å². The first-order valence-electron chi connectivity index (χ1n) is 12.9. The van der Waals surface area contributed by atoms with Crippen LogP contribution in [0.25, 0.3) is 0 Å². The lowest BCUT2D eigenvalue weighted by molar-refractivity contribution is -0.116. The lowest BCUT2D eigenvalue weighted by atomic mass is 9.68. The number of anilines is 1. The number of ether oxygens (including phenoxy) is 2. The van der Waals surface area contributed by atoms with Crippen molar-refractivity contribution in [2.75, 3.05) is 59.9 Å². The number of aromatic nitrogens is 1. The molecule has 37 heavy (non-hydrogen) atoms. The number of rotatable bonds is 10. The molecule has 2 aliphatic rings. The largest absolute Gasteiger partial charge is 0.481 e. The summed E-state index contributed by atoms with van der Waals surface area (Å²) in [6, 6.07) is 15.8. The summed E-state index contributed by atoms with van der Waals surface area (Å²) in [6.45, 7) is 1.73. The van der Waals surface area contributed by atoms with Gasteiger partial charge in [-0.2, -0.15) is 4.98 Å². The van der Waals surface area contributed by atoms with Crippen molar-refractivity contribution in [1.82, 2.24) is 19.7 Å². The highest BCUT2D eigenvalue weighted by molar-refractivity contribution is 5.94. The first-order chi connectivity index (χ1) is 17.8. The molecule has 1 aromatic carbocycles. The second kappa shape index (κ2) is 11.5. The summed E-state index contributed by atoms with van der Waals surface area (Å²) in [5.41, 5.74) is 0.941. The van der Waals surface area contributed by atoms with E-state index in [1.54, 1.807) is 30.2 Å². The van der Waals surface area contributed by atoms with E-state index >= 15 is 0 Å². The van der Waals surface area contributed by atoms with Crippen LogP contribution in [0.1, 0.15) is 37.7 Å². The Kier molecular flexibility index (Phi) is 8.34. The van der Waals surface area contributed by atoms with Crippen molar-refractivity contribution < 1.29 is 19.1 Å². The quantitative estimate of drug-likeness (QED) is 0.493. The van der Waals surface area contributed by atoms with E-state index in [4.69, 9.17) is 9.47 Å². The summed E-state index contributed by atoms with van der Waals surface area (Å²) < 4.78 is 10.4.